The van der Waals surface area contributed by atoms with Crippen LogP contribution in [0.4, 0.5) is 10.6 Å². The van der Waals surface area contributed by atoms with E-state index in [4.69, 9.17) is 5.73 Å². The molecule has 3 heterocycles. The van der Waals surface area contributed by atoms with Gasteiger partial charge in [0, 0.05) is 25.8 Å². The standard InChI is InChI=1S/C17H23N5O3/c1-11(2)10-22-16(25)20-15(24)17(22)5-7-21(8-6-17)14(23)12-3-4-13(18)19-9-12/h3-4,9,11H,5-8,10H2,1-2H3,(H2,18,19)(H,20,24,25). The van der Waals surface area contributed by atoms with E-state index in [0.717, 1.165) is 0 Å². The van der Waals surface area contributed by atoms with Crippen LogP contribution in [0.5, 0.6) is 0 Å². The molecule has 3 rings (SSSR count). The molecule has 1 spiro atoms. The molecule has 0 unspecified atom stereocenters. The average Bonchev–Trinajstić information content (AvgIpc) is 2.79. The quantitative estimate of drug-likeness (QED) is 0.789. The number of anilines is 1. The molecule has 134 valence electrons. The summed E-state index contributed by atoms with van der Waals surface area (Å²) < 4.78 is 0. The molecule has 8 nitrogen and oxygen atoms in total. The number of nitrogens with one attached hydrogen (secondary N) is 1. The van der Waals surface area contributed by atoms with E-state index in [-0.39, 0.29) is 23.8 Å². The highest BCUT2D eigenvalue weighted by atomic mass is 16.2. The highest BCUT2D eigenvalue weighted by molar-refractivity contribution is 6.07. The zero-order chi connectivity index (χ0) is 18.2. The zero-order valence-corrected chi connectivity index (χ0v) is 14.5. The zero-order valence-electron chi connectivity index (χ0n) is 14.5. The number of hydrogen-bond acceptors (Lipinski definition) is 5. The Labute approximate surface area is 146 Å². The Balaban J connectivity index is 1.73. The van der Waals surface area contributed by atoms with E-state index < -0.39 is 5.54 Å². The third-order valence-corrected chi connectivity index (χ3v) is 4.86. The molecule has 0 aliphatic carbocycles. The average molecular weight is 345 g/mol. The number of carbonyl (C=O) groups excluding carboxylic acids is 3. The number of urea groups is 1. The Hall–Kier alpha value is -2.64. The molecular weight excluding hydrogens is 322 g/mol. The minimum absolute atomic E-state index is 0.137. The van der Waals surface area contributed by atoms with Crippen molar-refractivity contribution in [3.63, 3.8) is 0 Å². The second kappa shape index (κ2) is 6.34. The number of hydrogen-bond donors (Lipinski definition) is 2. The van der Waals surface area contributed by atoms with Gasteiger partial charge in [-0.25, -0.2) is 9.78 Å². The lowest BCUT2D eigenvalue weighted by Crippen LogP contribution is -2.58. The highest BCUT2D eigenvalue weighted by Crippen LogP contribution is 2.34. The maximum Gasteiger partial charge on any atom is 0.325 e. The van der Waals surface area contributed by atoms with Crippen molar-refractivity contribution in [2.75, 3.05) is 25.4 Å². The molecule has 0 atom stereocenters. The third kappa shape index (κ3) is 3.04. The minimum Gasteiger partial charge on any atom is -0.384 e. The number of nitrogens with two attached hydrogens (primary N) is 1. The molecule has 2 aliphatic heterocycles. The summed E-state index contributed by atoms with van der Waals surface area (Å²) in [6.45, 7) is 5.37. The van der Waals surface area contributed by atoms with Crippen molar-refractivity contribution in [3.8, 4) is 0 Å². The number of nitrogens with zero attached hydrogens (tertiary/aromatic N) is 3. The van der Waals surface area contributed by atoms with E-state index in [9.17, 15) is 14.4 Å². The summed E-state index contributed by atoms with van der Waals surface area (Å²) in [4.78, 5) is 44.5. The van der Waals surface area contributed by atoms with Crippen molar-refractivity contribution in [1.82, 2.24) is 20.1 Å². The molecule has 0 bridgehead atoms. The van der Waals surface area contributed by atoms with Crippen LogP contribution in [-0.2, 0) is 4.79 Å². The molecule has 25 heavy (non-hydrogen) atoms. The van der Waals surface area contributed by atoms with Crippen LogP contribution in [0.3, 0.4) is 0 Å². The van der Waals surface area contributed by atoms with E-state index in [1.807, 2.05) is 13.8 Å². The number of aromatic nitrogens is 1. The van der Waals surface area contributed by atoms with Gasteiger partial charge in [-0.3, -0.25) is 14.9 Å². The van der Waals surface area contributed by atoms with Gasteiger partial charge in [0.2, 0.25) is 0 Å². The van der Waals surface area contributed by atoms with E-state index in [1.54, 1.807) is 21.9 Å². The van der Waals surface area contributed by atoms with Gasteiger partial charge in [0.25, 0.3) is 11.8 Å². The lowest BCUT2D eigenvalue weighted by atomic mass is 9.85. The number of piperidine rings is 1. The lowest BCUT2D eigenvalue weighted by Gasteiger charge is -2.42. The Bertz CT molecular complexity index is 693. The molecule has 8 heteroatoms. The van der Waals surface area contributed by atoms with Crippen LogP contribution in [0.15, 0.2) is 18.3 Å². The number of imide groups is 1. The van der Waals surface area contributed by atoms with Crippen LogP contribution < -0.4 is 11.1 Å². The largest absolute Gasteiger partial charge is 0.384 e. The number of rotatable bonds is 3. The maximum absolute atomic E-state index is 12.6. The van der Waals surface area contributed by atoms with Crippen molar-refractivity contribution in [3.05, 3.63) is 23.9 Å². The van der Waals surface area contributed by atoms with Crippen molar-refractivity contribution < 1.29 is 14.4 Å². The van der Waals surface area contributed by atoms with Gasteiger partial charge in [-0.2, -0.15) is 0 Å². The first-order chi connectivity index (χ1) is 11.8. The summed E-state index contributed by atoms with van der Waals surface area (Å²) in [5.74, 6) is 0.232. The van der Waals surface area contributed by atoms with Crippen LogP contribution in [0, 0.1) is 5.92 Å². The van der Waals surface area contributed by atoms with Gasteiger partial charge < -0.3 is 15.5 Å². The van der Waals surface area contributed by atoms with Crippen LogP contribution >= 0.6 is 0 Å². The lowest BCUT2D eigenvalue weighted by molar-refractivity contribution is -0.129. The predicted octanol–water partition coefficient (Wildman–Crippen LogP) is 0.846. The molecule has 2 saturated heterocycles. The SMILES string of the molecule is CC(C)CN1C(=O)NC(=O)C12CCN(C(=O)c1ccc(N)nc1)CC2. The second-order valence-corrected chi connectivity index (χ2v) is 7.06. The first kappa shape index (κ1) is 17.2. The van der Waals surface area contributed by atoms with Gasteiger partial charge >= 0.3 is 6.03 Å². The molecule has 4 amide bonds. The van der Waals surface area contributed by atoms with Gasteiger partial charge in [0.15, 0.2) is 0 Å². The molecule has 0 radical (unpaired) electrons. The first-order valence-corrected chi connectivity index (χ1v) is 8.47. The van der Waals surface area contributed by atoms with Crippen LogP contribution in [0.1, 0.15) is 37.0 Å². The molecule has 0 aromatic carbocycles. The van der Waals surface area contributed by atoms with Gasteiger partial charge in [-0.15, -0.1) is 0 Å². The predicted molar refractivity (Wildman–Crippen MR) is 91.6 cm³/mol. The van der Waals surface area contributed by atoms with Gasteiger partial charge in [0.05, 0.1) is 5.56 Å². The molecule has 2 fully saturated rings. The normalized spacial score (nSPS) is 19.6. The van der Waals surface area contributed by atoms with E-state index >= 15 is 0 Å². The fourth-order valence-corrected chi connectivity index (χ4v) is 3.51. The Morgan fingerprint density at radius 1 is 1.32 bits per heavy atom. The molecule has 2 aliphatic rings. The number of likely N-dealkylation sites (tertiary alicyclic amines) is 1. The van der Waals surface area contributed by atoms with Crippen molar-refractivity contribution in [2.24, 2.45) is 5.92 Å². The van der Waals surface area contributed by atoms with E-state index in [0.29, 0.717) is 43.9 Å². The summed E-state index contributed by atoms with van der Waals surface area (Å²) in [6, 6.07) is 2.90. The van der Waals surface area contributed by atoms with Crippen molar-refractivity contribution in [1.29, 1.82) is 0 Å². The maximum atomic E-state index is 12.6. The summed E-state index contributed by atoms with van der Waals surface area (Å²) in [7, 11) is 0. The third-order valence-electron chi connectivity index (χ3n) is 4.86. The summed E-state index contributed by atoms with van der Waals surface area (Å²) in [5, 5.41) is 2.44. The summed E-state index contributed by atoms with van der Waals surface area (Å²) in [6.07, 6.45) is 2.33. The molecular formula is C17H23N5O3. The van der Waals surface area contributed by atoms with Crippen molar-refractivity contribution in [2.45, 2.75) is 32.2 Å². The fourth-order valence-electron chi connectivity index (χ4n) is 3.51. The van der Waals surface area contributed by atoms with Crippen LogP contribution in [0.25, 0.3) is 0 Å². The number of nitrogen functional groups attached to an aromatic ring is 1. The molecule has 1 aromatic heterocycles. The smallest absolute Gasteiger partial charge is 0.325 e. The molecule has 1 aromatic rings. The van der Waals surface area contributed by atoms with E-state index in [1.165, 1.54) is 6.20 Å². The van der Waals surface area contributed by atoms with Gasteiger partial charge in [-0.05, 0) is 30.9 Å². The van der Waals surface area contributed by atoms with Crippen molar-refractivity contribution >= 4 is 23.7 Å². The number of pyridine rings is 1. The molecule has 3 N–H and O–H groups in total. The summed E-state index contributed by atoms with van der Waals surface area (Å²) in [5.41, 5.74) is 5.18. The Kier molecular flexibility index (Phi) is 4.36. The van der Waals surface area contributed by atoms with Crippen LogP contribution in [0.2, 0.25) is 0 Å². The van der Waals surface area contributed by atoms with E-state index in [2.05, 4.69) is 10.3 Å². The van der Waals surface area contributed by atoms with Gasteiger partial charge in [0.1, 0.15) is 11.4 Å². The monoisotopic (exact) mass is 345 g/mol. The Morgan fingerprint density at radius 2 is 2.00 bits per heavy atom. The fraction of sp³-hybridized carbons (Fsp3) is 0.529. The Morgan fingerprint density at radius 3 is 2.56 bits per heavy atom. The minimum atomic E-state index is -0.836. The van der Waals surface area contributed by atoms with Gasteiger partial charge in [-0.1, -0.05) is 13.8 Å². The highest BCUT2D eigenvalue weighted by Gasteiger charge is 2.54. The summed E-state index contributed by atoms with van der Waals surface area (Å²) >= 11 is 0. The number of amides is 4. The molecule has 0 saturated carbocycles. The topological polar surface area (TPSA) is 109 Å². The van der Waals surface area contributed by atoms with Crippen LogP contribution in [-0.4, -0.2) is 57.8 Å². The first-order valence-electron chi connectivity index (χ1n) is 8.47. The second-order valence-electron chi connectivity index (χ2n) is 7.06. The number of carbonyl (C=O) groups is 3.